The molecule has 1 aromatic heterocycles. The third-order valence-electron chi connectivity index (χ3n) is 6.15. The van der Waals surface area contributed by atoms with Crippen molar-refractivity contribution < 1.29 is 29.0 Å². The number of hydrogen-bond donors (Lipinski definition) is 1. The number of ketones is 1. The highest BCUT2D eigenvalue weighted by Crippen LogP contribution is 2.41. The maximum absolute atomic E-state index is 13.4. The number of methoxy groups -OCH3 is 1. The molecule has 0 spiro atoms. The molecule has 0 saturated carbocycles. The van der Waals surface area contributed by atoms with Gasteiger partial charge in [-0.15, -0.1) is 0 Å². The molecule has 2 heterocycles. The number of aromatic nitrogens is 1. The first-order chi connectivity index (χ1) is 17.6. The lowest BCUT2D eigenvalue weighted by Gasteiger charge is -2.28. The number of anilines is 1. The van der Waals surface area contributed by atoms with E-state index in [1.54, 1.807) is 31.2 Å². The molecule has 0 bridgehead atoms. The van der Waals surface area contributed by atoms with Crippen molar-refractivity contribution in [1.29, 1.82) is 0 Å². The van der Waals surface area contributed by atoms with Gasteiger partial charge in [-0.1, -0.05) is 48.6 Å². The summed E-state index contributed by atoms with van der Waals surface area (Å²) in [5.41, 5.74) is 1.62. The number of hydrogen-bond acceptors (Lipinski definition) is 8. The number of aliphatic hydroxyl groups excluding tert-OH is 1. The number of Topliss-reactive ketones (excluding diaryl/α,β-unsaturated/α-hetero) is 1. The number of carbonyl (C=O) groups is 3. The summed E-state index contributed by atoms with van der Waals surface area (Å²) in [5.74, 6) is -2.27. The number of carbonyl (C=O) groups excluding carboxylic acids is 3. The zero-order valence-corrected chi connectivity index (χ0v) is 22.0. The van der Waals surface area contributed by atoms with E-state index in [9.17, 15) is 19.5 Å². The summed E-state index contributed by atoms with van der Waals surface area (Å²) in [4.78, 5) is 45.0. The van der Waals surface area contributed by atoms with Crippen LogP contribution in [0.1, 0.15) is 53.2 Å². The minimum Gasteiger partial charge on any atom is -0.507 e. The number of amides is 1. The van der Waals surface area contributed by atoms with E-state index in [2.05, 4.69) is 4.98 Å². The van der Waals surface area contributed by atoms with Gasteiger partial charge in [0.05, 0.1) is 30.5 Å². The number of esters is 1. The molecule has 0 radical (unpaired) electrons. The fraction of sp³-hybridized carbons (Fsp3) is 0.286. The highest BCUT2D eigenvalue weighted by atomic mass is 32.1. The molecule has 1 aliphatic rings. The van der Waals surface area contributed by atoms with Gasteiger partial charge in [0.2, 0.25) is 0 Å². The maximum atomic E-state index is 13.4. The monoisotopic (exact) mass is 520 g/mol. The van der Waals surface area contributed by atoms with Gasteiger partial charge in [-0.3, -0.25) is 14.5 Å². The molecule has 2 atom stereocenters. The molecule has 1 fully saturated rings. The lowest BCUT2D eigenvalue weighted by Crippen LogP contribution is -2.37. The molecule has 2 unspecified atom stereocenters. The van der Waals surface area contributed by atoms with Crippen LogP contribution in [0.15, 0.2) is 60.2 Å². The second-order valence-electron chi connectivity index (χ2n) is 9.00. The van der Waals surface area contributed by atoms with E-state index in [1.807, 2.05) is 51.1 Å². The lowest BCUT2D eigenvalue weighted by molar-refractivity contribution is -0.132. The molecule has 37 heavy (non-hydrogen) atoms. The minimum absolute atomic E-state index is 0.0203. The summed E-state index contributed by atoms with van der Waals surface area (Å²) in [6.45, 7) is 7.34. The molecule has 1 aliphatic heterocycles. The summed E-state index contributed by atoms with van der Waals surface area (Å²) in [5, 5.41) is 11.5. The van der Waals surface area contributed by atoms with Gasteiger partial charge in [-0.25, -0.2) is 9.78 Å². The zero-order valence-electron chi connectivity index (χ0n) is 21.2. The topological polar surface area (TPSA) is 106 Å². The van der Waals surface area contributed by atoms with Crippen LogP contribution < -0.4 is 9.64 Å². The first-order valence-electron chi connectivity index (χ1n) is 11.8. The Bertz CT molecular complexity index is 1360. The van der Waals surface area contributed by atoms with Gasteiger partial charge >= 0.3 is 11.9 Å². The zero-order chi connectivity index (χ0) is 26.9. The third-order valence-corrected chi connectivity index (χ3v) is 7.28. The molecular weight excluding hydrogens is 492 g/mol. The highest BCUT2D eigenvalue weighted by Gasteiger charge is 2.50. The summed E-state index contributed by atoms with van der Waals surface area (Å²) < 4.78 is 10.5. The Hall–Kier alpha value is -3.98. The van der Waals surface area contributed by atoms with Crippen LogP contribution in [-0.4, -0.2) is 47.0 Å². The Kier molecular flexibility index (Phi) is 7.45. The van der Waals surface area contributed by atoms with Crippen molar-refractivity contribution in [3.05, 3.63) is 81.9 Å². The van der Waals surface area contributed by atoms with Crippen LogP contribution in [-0.2, 0) is 14.3 Å². The predicted octanol–water partition coefficient (Wildman–Crippen LogP) is 5.08. The molecule has 8 nitrogen and oxygen atoms in total. The number of aryl methyl sites for hydroxylation is 1. The molecule has 192 valence electrons. The van der Waals surface area contributed by atoms with Gasteiger partial charge in [0, 0.05) is 11.5 Å². The largest absolute Gasteiger partial charge is 0.507 e. The summed E-state index contributed by atoms with van der Waals surface area (Å²) in [7, 11) is 1.27. The van der Waals surface area contributed by atoms with Crippen molar-refractivity contribution in [2.24, 2.45) is 0 Å². The summed E-state index contributed by atoms with van der Waals surface area (Å²) >= 11 is 0.975. The van der Waals surface area contributed by atoms with Gasteiger partial charge < -0.3 is 14.6 Å². The SMILES string of the molecule is COC(=O)c1sc(N2C(=O)C(=O)/C(=C(/O)c3ccc(OC(C)C)cc3)C2C(C)c2ccccc2)nc1C. The van der Waals surface area contributed by atoms with Crippen molar-refractivity contribution in [2.45, 2.75) is 45.8 Å². The molecule has 1 amide bonds. The maximum Gasteiger partial charge on any atom is 0.350 e. The standard InChI is InChI=1S/C28H28N2O6S/c1-15(2)36-20-13-11-19(12-14-20)23(31)21-22(16(3)18-9-7-6-8-10-18)30(26(33)24(21)32)28-29-17(4)25(37-28)27(34)35-5/h6-16,22,31H,1-5H3/b23-21+. The van der Waals surface area contributed by atoms with Gasteiger partial charge in [0.15, 0.2) is 5.13 Å². The van der Waals surface area contributed by atoms with E-state index in [1.165, 1.54) is 12.0 Å². The van der Waals surface area contributed by atoms with Crippen LogP contribution in [0.2, 0.25) is 0 Å². The number of thiazole rings is 1. The fourth-order valence-electron chi connectivity index (χ4n) is 4.37. The second-order valence-corrected chi connectivity index (χ2v) is 9.98. The van der Waals surface area contributed by atoms with Crippen molar-refractivity contribution in [3.8, 4) is 5.75 Å². The number of nitrogens with zero attached hydrogens (tertiary/aromatic N) is 2. The molecule has 1 saturated heterocycles. The first-order valence-corrected chi connectivity index (χ1v) is 12.6. The summed E-state index contributed by atoms with van der Waals surface area (Å²) in [6.07, 6.45) is -0.0203. The van der Waals surface area contributed by atoms with Crippen molar-refractivity contribution in [1.82, 2.24) is 4.98 Å². The Morgan fingerprint density at radius 2 is 1.70 bits per heavy atom. The van der Waals surface area contributed by atoms with Crippen LogP contribution in [0.25, 0.3) is 5.76 Å². The second kappa shape index (κ2) is 10.6. The van der Waals surface area contributed by atoms with E-state index in [4.69, 9.17) is 9.47 Å². The van der Waals surface area contributed by atoms with Crippen LogP contribution in [0.4, 0.5) is 5.13 Å². The van der Waals surface area contributed by atoms with Crippen LogP contribution in [0, 0.1) is 6.92 Å². The Labute approximate surface area is 219 Å². The highest BCUT2D eigenvalue weighted by molar-refractivity contribution is 7.17. The average molecular weight is 521 g/mol. The molecule has 0 aliphatic carbocycles. The van der Waals surface area contributed by atoms with Crippen LogP contribution in [0.5, 0.6) is 5.75 Å². The number of ether oxygens (including phenoxy) is 2. The Balaban J connectivity index is 1.86. The van der Waals surface area contributed by atoms with E-state index in [0.29, 0.717) is 17.0 Å². The van der Waals surface area contributed by atoms with Crippen molar-refractivity contribution in [2.75, 3.05) is 12.0 Å². The fourth-order valence-corrected chi connectivity index (χ4v) is 5.39. The quantitative estimate of drug-likeness (QED) is 0.200. The average Bonchev–Trinajstić information content (AvgIpc) is 3.39. The Morgan fingerprint density at radius 3 is 2.30 bits per heavy atom. The molecule has 1 N–H and O–H groups in total. The minimum atomic E-state index is -0.856. The van der Waals surface area contributed by atoms with Crippen molar-refractivity contribution >= 4 is 39.9 Å². The van der Waals surface area contributed by atoms with Gasteiger partial charge in [-0.05, 0) is 50.6 Å². The van der Waals surface area contributed by atoms with Gasteiger partial charge in [-0.2, -0.15) is 0 Å². The van der Waals surface area contributed by atoms with Gasteiger partial charge in [0.1, 0.15) is 16.4 Å². The van der Waals surface area contributed by atoms with Gasteiger partial charge in [0.25, 0.3) is 5.78 Å². The van der Waals surface area contributed by atoms with E-state index < -0.39 is 23.7 Å². The Morgan fingerprint density at radius 1 is 1.05 bits per heavy atom. The number of benzene rings is 2. The predicted molar refractivity (Wildman–Crippen MR) is 141 cm³/mol. The molecule has 9 heteroatoms. The van der Waals surface area contributed by atoms with Crippen LogP contribution >= 0.6 is 11.3 Å². The molecular formula is C28H28N2O6S. The van der Waals surface area contributed by atoms with Crippen LogP contribution in [0.3, 0.4) is 0 Å². The summed E-state index contributed by atoms with van der Waals surface area (Å²) in [6, 6.07) is 15.3. The molecule has 3 aromatic rings. The van der Waals surface area contributed by atoms with Crippen molar-refractivity contribution in [3.63, 3.8) is 0 Å². The van der Waals surface area contributed by atoms with E-state index in [-0.39, 0.29) is 33.4 Å². The lowest BCUT2D eigenvalue weighted by atomic mass is 9.87. The number of aliphatic hydroxyl groups is 1. The van der Waals surface area contributed by atoms with E-state index in [0.717, 1.165) is 16.9 Å². The smallest absolute Gasteiger partial charge is 0.350 e. The first kappa shape index (κ1) is 26.1. The normalized spacial score (nSPS) is 17.8. The van der Waals surface area contributed by atoms with E-state index >= 15 is 0 Å². The molecule has 2 aromatic carbocycles. The third kappa shape index (κ3) is 4.99. The molecule has 4 rings (SSSR count). The number of rotatable bonds is 7.